The molecule has 1 N–H and O–H groups in total. The lowest BCUT2D eigenvalue weighted by molar-refractivity contribution is -0.124. The van der Waals surface area contributed by atoms with Crippen molar-refractivity contribution >= 4 is 56.5 Å². The number of ether oxygens (including phenoxy) is 2. The molecule has 0 radical (unpaired) electrons. The SMILES string of the molecule is O=C(COC(=O)c1sc2cc(Cl)ccc2c1Cl)NC[C@H]1CCCO1. The van der Waals surface area contributed by atoms with Crippen LogP contribution in [0.3, 0.4) is 0 Å². The Morgan fingerprint density at radius 1 is 1.38 bits per heavy atom. The van der Waals surface area contributed by atoms with Crippen LogP contribution in [0.5, 0.6) is 0 Å². The van der Waals surface area contributed by atoms with E-state index in [1.807, 2.05) is 0 Å². The molecule has 3 rings (SSSR count). The fraction of sp³-hybridized carbons (Fsp3) is 0.375. The molecule has 1 fully saturated rings. The number of thiophene rings is 1. The molecular formula is C16H15Cl2NO4S. The molecule has 8 heteroatoms. The van der Waals surface area contributed by atoms with E-state index in [9.17, 15) is 9.59 Å². The Kier molecular flexibility index (Phi) is 5.61. The maximum absolute atomic E-state index is 12.2. The highest BCUT2D eigenvalue weighted by molar-refractivity contribution is 7.21. The average Bonchev–Trinajstić information content (AvgIpc) is 3.18. The highest BCUT2D eigenvalue weighted by Gasteiger charge is 2.20. The summed E-state index contributed by atoms with van der Waals surface area (Å²) in [5, 5.41) is 4.31. The molecule has 2 heterocycles. The summed E-state index contributed by atoms with van der Waals surface area (Å²) in [6, 6.07) is 5.19. The number of hydrogen-bond donors (Lipinski definition) is 1. The zero-order chi connectivity index (χ0) is 17.1. The third-order valence-electron chi connectivity index (χ3n) is 3.66. The standard InChI is InChI=1S/C16H15Cl2NO4S/c17-9-3-4-11-12(6-9)24-15(14(11)18)16(21)23-8-13(20)19-7-10-2-1-5-22-10/h3-4,6,10H,1-2,5,7-8H2,(H,19,20)/t10-/m1/s1. The van der Waals surface area contributed by atoms with Gasteiger partial charge in [0.1, 0.15) is 4.88 Å². The zero-order valence-corrected chi connectivity index (χ0v) is 15.0. The van der Waals surface area contributed by atoms with E-state index in [2.05, 4.69) is 5.32 Å². The molecule has 1 aliphatic rings. The van der Waals surface area contributed by atoms with Crippen molar-refractivity contribution in [2.24, 2.45) is 0 Å². The number of fused-ring (bicyclic) bond motifs is 1. The molecule has 0 spiro atoms. The summed E-state index contributed by atoms with van der Waals surface area (Å²) in [5.41, 5.74) is 0. The number of benzene rings is 1. The van der Waals surface area contributed by atoms with Gasteiger partial charge in [-0.1, -0.05) is 29.3 Å². The molecule has 24 heavy (non-hydrogen) atoms. The third kappa shape index (κ3) is 4.00. The average molecular weight is 388 g/mol. The first-order valence-electron chi connectivity index (χ1n) is 7.47. The van der Waals surface area contributed by atoms with Crippen molar-refractivity contribution < 1.29 is 19.1 Å². The number of rotatable bonds is 5. The molecule has 0 saturated carbocycles. The Hall–Kier alpha value is -1.34. The molecule has 0 unspecified atom stereocenters. The maximum atomic E-state index is 12.2. The number of hydrogen-bond acceptors (Lipinski definition) is 5. The Bertz CT molecular complexity index is 771. The zero-order valence-electron chi connectivity index (χ0n) is 12.6. The highest BCUT2D eigenvalue weighted by Crippen LogP contribution is 2.37. The highest BCUT2D eigenvalue weighted by atomic mass is 35.5. The van der Waals surface area contributed by atoms with Crippen molar-refractivity contribution in [3.8, 4) is 0 Å². The van der Waals surface area contributed by atoms with Crippen LogP contribution in [0.4, 0.5) is 0 Å². The molecule has 1 aromatic heterocycles. The second-order valence-corrected chi connectivity index (χ2v) is 7.27. The minimum absolute atomic E-state index is 0.0476. The maximum Gasteiger partial charge on any atom is 0.350 e. The minimum Gasteiger partial charge on any atom is -0.451 e. The van der Waals surface area contributed by atoms with Crippen LogP contribution in [0.1, 0.15) is 22.5 Å². The molecular weight excluding hydrogens is 373 g/mol. The molecule has 1 aromatic carbocycles. The van der Waals surface area contributed by atoms with Gasteiger partial charge < -0.3 is 14.8 Å². The number of nitrogens with one attached hydrogen (secondary N) is 1. The van der Waals surface area contributed by atoms with Crippen molar-refractivity contribution in [3.05, 3.63) is 33.1 Å². The smallest absolute Gasteiger partial charge is 0.350 e. The van der Waals surface area contributed by atoms with E-state index in [1.54, 1.807) is 18.2 Å². The predicted octanol–water partition coefficient (Wildman–Crippen LogP) is 3.66. The number of esters is 1. The van der Waals surface area contributed by atoms with Gasteiger partial charge in [0.25, 0.3) is 5.91 Å². The number of carbonyl (C=O) groups excluding carboxylic acids is 2. The topological polar surface area (TPSA) is 64.6 Å². The second kappa shape index (κ2) is 7.70. The molecule has 2 aromatic rings. The molecule has 0 aliphatic carbocycles. The predicted molar refractivity (Wildman–Crippen MR) is 94.1 cm³/mol. The Balaban J connectivity index is 1.56. The van der Waals surface area contributed by atoms with E-state index >= 15 is 0 Å². The molecule has 1 saturated heterocycles. The lowest BCUT2D eigenvalue weighted by Crippen LogP contribution is -2.34. The molecule has 1 amide bonds. The van der Waals surface area contributed by atoms with Gasteiger partial charge >= 0.3 is 5.97 Å². The summed E-state index contributed by atoms with van der Waals surface area (Å²) in [5.74, 6) is -0.983. The first-order valence-corrected chi connectivity index (χ1v) is 9.05. The van der Waals surface area contributed by atoms with Crippen molar-refractivity contribution in [1.29, 1.82) is 0 Å². The first-order chi connectivity index (χ1) is 11.5. The van der Waals surface area contributed by atoms with Crippen LogP contribution in [0, 0.1) is 0 Å². The van der Waals surface area contributed by atoms with Crippen LogP contribution in [0.15, 0.2) is 18.2 Å². The molecule has 0 bridgehead atoms. The van der Waals surface area contributed by atoms with E-state index in [0.717, 1.165) is 29.5 Å². The van der Waals surface area contributed by atoms with E-state index in [-0.39, 0.29) is 23.5 Å². The van der Waals surface area contributed by atoms with Gasteiger partial charge in [0.05, 0.1) is 11.1 Å². The van der Waals surface area contributed by atoms with Crippen LogP contribution in [0.2, 0.25) is 10.0 Å². The van der Waals surface area contributed by atoms with Crippen molar-refractivity contribution in [1.82, 2.24) is 5.32 Å². The Labute approximate surface area is 152 Å². The fourth-order valence-electron chi connectivity index (χ4n) is 2.45. The summed E-state index contributed by atoms with van der Waals surface area (Å²) in [4.78, 5) is 24.2. The summed E-state index contributed by atoms with van der Waals surface area (Å²) < 4.78 is 11.2. The summed E-state index contributed by atoms with van der Waals surface area (Å²) >= 11 is 13.3. The monoisotopic (exact) mass is 387 g/mol. The Morgan fingerprint density at radius 2 is 2.21 bits per heavy atom. The van der Waals surface area contributed by atoms with Gasteiger partial charge in [-0.2, -0.15) is 0 Å². The summed E-state index contributed by atoms with van der Waals surface area (Å²) in [6.07, 6.45) is 1.98. The largest absolute Gasteiger partial charge is 0.451 e. The van der Waals surface area contributed by atoms with Crippen LogP contribution in [-0.2, 0) is 14.3 Å². The van der Waals surface area contributed by atoms with Crippen LogP contribution >= 0.6 is 34.5 Å². The summed E-state index contributed by atoms with van der Waals surface area (Å²) in [7, 11) is 0. The van der Waals surface area contributed by atoms with Gasteiger partial charge in [0.15, 0.2) is 6.61 Å². The van der Waals surface area contributed by atoms with Gasteiger partial charge in [0.2, 0.25) is 0 Å². The Morgan fingerprint density at radius 3 is 2.96 bits per heavy atom. The molecule has 5 nitrogen and oxygen atoms in total. The van der Waals surface area contributed by atoms with Crippen LogP contribution in [0.25, 0.3) is 10.1 Å². The summed E-state index contributed by atoms with van der Waals surface area (Å²) in [6.45, 7) is 0.805. The van der Waals surface area contributed by atoms with E-state index in [1.165, 1.54) is 11.3 Å². The van der Waals surface area contributed by atoms with Crippen molar-refractivity contribution in [2.75, 3.05) is 19.8 Å². The molecule has 128 valence electrons. The van der Waals surface area contributed by atoms with E-state index in [0.29, 0.717) is 16.6 Å². The van der Waals surface area contributed by atoms with E-state index in [4.69, 9.17) is 32.7 Å². The van der Waals surface area contributed by atoms with E-state index < -0.39 is 5.97 Å². The molecule has 1 atom stereocenters. The second-order valence-electron chi connectivity index (χ2n) is 5.40. The fourth-order valence-corrected chi connectivity index (χ4v) is 4.13. The first kappa shape index (κ1) is 17.5. The number of carbonyl (C=O) groups is 2. The van der Waals surface area contributed by atoms with Crippen molar-refractivity contribution in [2.45, 2.75) is 18.9 Å². The van der Waals surface area contributed by atoms with Crippen molar-refractivity contribution in [3.63, 3.8) is 0 Å². The number of halogens is 2. The van der Waals surface area contributed by atoms with Gasteiger partial charge in [-0.3, -0.25) is 4.79 Å². The van der Waals surface area contributed by atoms with Gasteiger partial charge in [-0.05, 0) is 25.0 Å². The molecule has 1 aliphatic heterocycles. The lowest BCUT2D eigenvalue weighted by Gasteiger charge is -2.10. The van der Waals surface area contributed by atoms with Gasteiger partial charge in [-0.15, -0.1) is 11.3 Å². The normalized spacial score (nSPS) is 17.2. The quantitative estimate of drug-likeness (QED) is 0.794. The van der Waals surface area contributed by atoms with Crippen LogP contribution < -0.4 is 5.32 Å². The lowest BCUT2D eigenvalue weighted by atomic mass is 10.2. The third-order valence-corrected chi connectivity index (χ3v) is 5.53. The van der Waals surface area contributed by atoms with Gasteiger partial charge in [-0.25, -0.2) is 4.79 Å². The van der Waals surface area contributed by atoms with Crippen LogP contribution in [-0.4, -0.2) is 37.7 Å². The van der Waals surface area contributed by atoms with Gasteiger partial charge in [0, 0.05) is 28.3 Å². The minimum atomic E-state index is -0.621. The number of amides is 1.